The van der Waals surface area contributed by atoms with E-state index in [4.69, 9.17) is 14.6 Å². The molecule has 0 atom stereocenters. The zero-order chi connectivity index (χ0) is 25.4. The Hall–Kier alpha value is -4.01. The molecular weight excluding hydrogens is 458 g/mol. The van der Waals surface area contributed by atoms with Crippen LogP contribution in [-0.4, -0.2) is 70.8 Å². The van der Waals surface area contributed by atoms with Crippen molar-refractivity contribution in [3.8, 4) is 11.5 Å². The number of carbonyl (C=O) groups excluding carboxylic acids is 2. The van der Waals surface area contributed by atoms with Crippen molar-refractivity contribution < 1.29 is 19.1 Å². The Morgan fingerprint density at radius 2 is 1.78 bits per heavy atom. The number of pyridine rings is 2. The highest BCUT2D eigenvalue weighted by atomic mass is 16.5. The van der Waals surface area contributed by atoms with Crippen LogP contribution in [0.25, 0.3) is 11.0 Å². The molecule has 1 saturated heterocycles. The summed E-state index contributed by atoms with van der Waals surface area (Å²) in [5.41, 5.74) is 1.66. The minimum atomic E-state index is -0.783. The number of amides is 2. The summed E-state index contributed by atoms with van der Waals surface area (Å²) in [7, 11) is 3.17. The summed E-state index contributed by atoms with van der Waals surface area (Å²) in [4.78, 5) is 37.0. The predicted octanol–water partition coefficient (Wildman–Crippen LogP) is 3.52. The van der Waals surface area contributed by atoms with E-state index in [2.05, 4.69) is 9.97 Å². The van der Waals surface area contributed by atoms with Crippen LogP contribution in [0.2, 0.25) is 0 Å². The largest absolute Gasteiger partial charge is 0.493 e. The lowest BCUT2D eigenvalue weighted by Crippen LogP contribution is -2.47. The van der Waals surface area contributed by atoms with Gasteiger partial charge in [-0.3, -0.25) is 9.59 Å². The zero-order valence-corrected chi connectivity index (χ0v) is 20.9. The summed E-state index contributed by atoms with van der Waals surface area (Å²) >= 11 is 0. The summed E-state index contributed by atoms with van der Waals surface area (Å²) in [6, 6.07) is 12.9. The Labute approximate surface area is 209 Å². The molecule has 186 valence electrons. The van der Waals surface area contributed by atoms with E-state index in [9.17, 15) is 9.59 Å². The van der Waals surface area contributed by atoms with E-state index in [1.807, 2.05) is 50.2 Å². The van der Waals surface area contributed by atoms with Crippen molar-refractivity contribution in [3.05, 3.63) is 59.9 Å². The fraction of sp³-hybridized carbons (Fsp3) is 0.370. The number of aromatic nitrogens is 2. The fourth-order valence-corrected chi connectivity index (χ4v) is 4.86. The van der Waals surface area contributed by atoms with Crippen LogP contribution in [0, 0.1) is 5.41 Å². The number of hydrogen-bond donors (Lipinski definition) is 0. The highest BCUT2D eigenvalue weighted by molar-refractivity contribution is 6.19. The van der Waals surface area contributed by atoms with Crippen molar-refractivity contribution in [2.24, 2.45) is 10.5 Å². The summed E-state index contributed by atoms with van der Waals surface area (Å²) in [5, 5.41) is 7.30. The molecule has 5 rings (SSSR count). The van der Waals surface area contributed by atoms with Gasteiger partial charge in [-0.1, -0.05) is 0 Å². The number of nitrogens with zero attached hydrogens (tertiary/aromatic N) is 5. The average molecular weight is 488 g/mol. The van der Waals surface area contributed by atoms with Crippen LogP contribution < -0.4 is 9.47 Å². The van der Waals surface area contributed by atoms with Crippen LogP contribution in [0.15, 0.2) is 53.8 Å². The minimum absolute atomic E-state index is 0.0423. The second-order valence-corrected chi connectivity index (χ2v) is 9.56. The molecular formula is C27H29N5O4. The molecule has 2 amide bonds. The van der Waals surface area contributed by atoms with Crippen LogP contribution in [0.3, 0.4) is 0 Å². The Morgan fingerprint density at radius 3 is 2.50 bits per heavy atom. The van der Waals surface area contributed by atoms with Gasteiger partial charge in [-0.25, -0.2) is 15.0 Å². The summed E-state index contributed by atoms with van der Waals surface area (Å²) in [6.45, 7) is 4.83. The zero-order valence-electron chi connectivity index (χ0n) is 20.9. The third kappa shape index (κ3) is 4.04. The van der Waals surface area contributed by atoms with Crippen LogP contribution in [-0.2, 0) is 4.79 Å². The molecule has 2 aliphatic heterocycles. The molecule has 0 N–H and O–H groups in total. The van der Waals surface area contributed by atoms with E-state index >= 15 is 0 Å². The van der Waals surface area contributed by atoms with Crippen molar-refractivity contribution in [1.29, 1.82) is 0 Å². The quantitative estimate of drug-likeness (QED) is 0.546. The van der Waals surface area contributed by atoms with Gasteiger partial charge in [0.2, 0.25) is 0 Å². The number of methoxy groups -OCH3 is 2. The summed E-state index contributed by atoms with van der Waals surface area (Å²) < 4.78 is 10.8. The number of carbonyl (C=O) groups is 2. The number of benzene rings is 1. The topological polar surface area (TPSA) is 97.2 Å². The van der Waals surface area contributed by atoms with E-state index in [0.717, 1.165) is 10.9 Å². The monoisotopic (exact) mass is 487 g/mol. The van der Waals surface area contributed by atoms with E-state index in [-0.39, 0.29) is 17.9 Å². The number of piperidine rings is 1. The maximum atomic E-state index is 13.4. The van der Waals surface area contributed by atoms with Crippen LogP contribution >= 0.6 is 0 Å². The Kier molecular flexibility index (Phi) is 6.07. The maximum Gasteiger partial charge on any atom is 0.272 e. The first-order chi connectivity index (χ1) is 17.3. The number of hydrogen-bond acceptors (Lipinski definition) is 7. The first-order valence-corrected chi connectivity index (χ1v) is 12.0. The second-order valence-electron chi connectivity index (χ2n) is 9.56. The van der Waals surface area contributed by atoms with Crippen LogP contribution in [0.4, 0.5) is 0 Å². The molecule has 36 heavy (non-hydrogen) atoms. The average Bonchev–Trinajstić information content (AvgIpc) is 3.16. The molecule has 4 heterocycles. The second kappa shape index (κ2) is 9.22. The third-order valence-corrected chi connectivity index (χ3v) is 6.98. The van der Waals surface area contributed by atoms with Gasteiger partial charge in [-0.2, -0.15) is 5.10 Å². The van der Waals surface area contributed by atoms with Gasteiger partial charge in [0.15, 0.2) is 17.1 Å². The molecule has 9 heteroatoms. The van der Waals surface area contributed by atoms with Gasteiger partial charge in [0.25, 0.3) is 11.8 Å². The van der Waals surface area contributed by atoms with Gasteiger partial charge in [-0.15, -0.1) is 0 Å². The lowest BCUT2D eigenvalue weighted by molar-refractivity contribution is -0.137. The Bertz CT molecular complexity index is 1360. The van der Waals surface area contributed by atoms with Gasteiger partial charge in [0.1, 0.15) is 5.69 Å². The normalized spacial score (nSPS) is 17.9. The van der Waals surface area contributed by atoms with E-state index in [1.54, 1.807) is 36.4 Å². The molecule has 9 nitrogen and oxygen atoms in total. The van der Waals surface area contributed by atoms with Crippen LogP contribution in [0.1, 0.15) is 42.7 Å². The van der Waals surface area contributed by atoms with Gasteiger partial charge in [-0.05, 0) is 69.2 Å². The summed E-state index contributed by atoms with van der Waals surface area (Å²) in [6.07, 6.45) is 2.95. The van der Waals surface area contributed by atoms with E-state index < -0.39 is 5.41 Å². The number of likely N-dealkylation sites (tertiary alicyclic amines) is 1. The first-order valence-electron chi connectivity index (χ1n) is 12.0. The van der Waals surface area contributed by atoms with Crippen molar-refractivity contribution in [3.63, 3.8) is 0 Å². The standard InChI is InChI=1S/C27H29N5O4/c1-27(2)23(18-8-10-21(35-3)22(16-18)36-4)30-32(26(27)34)19-11-14-31(15-12-19)25(33)20-9-7-17-6-5-13-28-24(17)29-20/h5-10,13,16,19H,11-12,14-15H2,1-4H3. The molecule has 2 aromatic heterocycles. The molecule has 0 spiro atoms. The third-order valence-electron chi connectivity index (χ3n) is 6.98. The summed E-state index contributed by atoms with van der Waals surface area (Å²) in [5.74, 6) is 1.04. The van der Waals surface area contributed by atoms with Gasteiger partial charge >= 0.3 is 0 Å². The molecule has 0 unspecified atom stereocenters. The molecule has 0 aliphatic carbocycles. The lowest BCUT2D eigenvalue weighted by Gasteiger charge is -2.35. The van der Waals surface area contributed by atoms with Crippen molar-refractivity contribution >= 4 is 28.6 Å². The fourth-order valence-electron chi connectivity index (χ4n) is 4.86. The van der Waals surface area contributed by atoms with Crippen molar-refractivity contribution in [2.45, 2.75) is 32.7 Å². The lowest BCUT2D eigenvalue weighted by atomic mass is 9.83. The van der Waals surface area contributed by atoms with E-state index in [0.29, 0.717) is 54.5 Å². The first kappa shape index (κ1) is 23.7. The molecule has 0 radical (unpaired) electrons. The highest BCUT2D eigenvalue weighted by Gasteiger charge is 2.47. The van der Waals surface area contributed by atoms with Crippen molar-refractivity contribution in [2.75, 3.05) is 27.3 Å². The SMILES string of the molecule is COc1ccc(C2=NN(C3CCN(C(=O)c4ccc5cccnc5n4)CC3)C(=O)C2(C)C)cc1OC. The molecule has 0 saturated carbocycles. The highest BCUT2D eigenvalue weighted by Crippen LogP contribution is 2.37. The smallest absolute Gasteiger partial charge is 0.272 e. The van der Waals surface area contributed by atoms with E-state index in [1.165, 1.54) is 0 Å². The van der Waals surface area contributed by atoms with Gasteiger partial charge < -0.3 is 14.4 Å². The number of hydrazone groups is 1. The maximum absolute atomic E-state index is 13.4. The molecule has 3 aromatic rings. The molecule has 0 bridgehead atoms. The van der Waals surface area contributed by atoms with Gasteiger partial charge in [0, 0.05) is 30.2 Å². The predicted molar refractivity (Wildman–Crippen MR) is 135 cm³/mol. The van der Waals surface area contributed by atoms with Gasteiger partial charge in [0.05, 0.1) is 31.4 Å². The Balaban J connectivity index is 1.32. The van der Waals surface area contributed by atoms with Crippen LogP contribution in [0.5, 0.6) is 11.5 Å². The molecule has 1 aromatic carbocycles. The number of fused-ring (bicyclic) bond motifs is 1. The molecule has 1 fully saturated rings. The number of ether oxygens (including phenoxy) is 2. The number of rotatable bonds is 5. The molecule has 2 aliphatic rings. The Morgan fingerprint density at radius 1 is 1.03 bits per heavy atom. The van der Waals surface area contributed by atoms with Crippen molar-refractivity contribution in [1.82, 2.24) is 19.9 Å². The minimum Gasteiger partial charge on any atom is -0.493 e.